The number of carbonyl (C=O) groups excluding carboxylic acids is 1. The molecule has 0 radical (unpaired) electrons. The summed E-state index contributed by atoms with van der Waals surface area (Å²) < 4.78 is 5.39. The number of nitrogens with one attached hydrogen (secondary N) is 1. The van der Waals surface area contributed by atoms with E-state index in [0.29, 0.717) is 12.6 Å². The van der Waals surface area contributed by atoms with Crippen molar-refractivity contribution >= 4 is 5.91 Å². The molecule has 5 heteroatoms. The lowest BCUT2D eigenvalue weighted by Gasteiger charge is -2.36. The number of rotatable bonds is 6. The Morgan fingerprint density at radius 1 is 1.24 bits per heavy atom. The van der Waals surface area contributed by atoms with Crippen LogP contribution in [0.5, 0.6) is 0 Å². The molecule has 1 amide bonds. The van der Waals surface area contributed by atoms with Gasteiger partial charge in [-0.15, -0.1) is 0 Å². The molecule has 2 heterocycles. The van der Waals surface area contributed by atoms with E-state index < -0.39 is 0 Å². The third-order valence-electron chi connectivity index (χ3n) is 4.80. The highest BCUT2D eigenvalue weighted by Gasteiger charge is 2.24. The smallest absolute Gasteiger partial charge is 0.236 e. The van der Waals surface area contributed by atoms with Gasteiger partial charge in [-0.3, -0.25) is 9.69 Å². The average Bonchev–Trinajstić information content (AvgIpc) is 2.54. The minimum atomic E-state index is 0.264. The Morgan fingerprint density at radius 2 is 1.90 bits per heavy atom. The third-order valence-corrected chi connectivity index (χ3v) is 4.80. The number of ether oxygens (including phenoxy) is 1. The molecule has 1 atom stereocenters. The van der Waals surface area contributed by atoms with Crippen molar-refractivity contribution in [1.29, 1.82) is 0 Å². The number of morpholine rings is 1. The number of hydrogen-bond acceptors (Lipinski definition) is 4. The molecule has 0 spiro atoms. The number of piperidine rings is 1. The molecule has 2 aliphatic heterocycles. The first-order chi connectivity index (χ1) is 10.2. The summed E-state index contributed by atoms with van der Waals surface area (Å²) >= 11 is 0. The molecule has 0 bridgehead atoms. The van der Waals surface area contributed by atoms with E-state index >= 15 is 0 Å². The molecule has 122 valence electrons. The molecule has 2 saturated heterocycles. The zero-order chi connectivity index (χ0) is 15.1. The minimum Gasteiger partial charge on any atom is -0.379 e. The Bertz CT molecular complexity index is 311. The molecule has 0 saturated carbocycles. The highest BCUT2D eigenvalue weighted by molar-refractivity contribution is 5.78. The van der Waals surface area contributed by atoms with Crippen LogP contribution in [0.3, 0.4) is 0 Å². The number of likely N-dealkylation sites (tertiary alicyclic amines) is 1. The minimum absolute atomic E-state index is 0.264. The fourth-order valence-corrected chi connectivity index (χ4v) is 3.03. The molecule has 2 rings (SSSR count). The van der Waals surface area contributed by atoms with Crippen molar-refractivity contribution in [3.63, 3.8) is 0 Å². The lowest BCUT2D eigenvalue weighted by molar-refractivity contribution is -0.131. The van der Waals surface area contributed by atoms with E-state index in [1.165, 1.54) is 6.54 Å². The maximum absolute atomic E-state index is 12.2. The Labute approximate surface area is 129 Å². The highest BCUT2D eigenvalue weighted by atomic mass is 16.5. The molecule has 5 nitrogen and oxygen atoms in total. The van der Waals surface area contributed by atoms with Crippen LogP contribution in [0.15, 0.2) is 0 Å². The van der Waals surface area contributed by atoms with Crippen molar-refractivity contribution in [2.45, 2.75) is 39.2 Å². The summed E-state index contributed by atoms with van der Waals surface area (Å²) in [5.41, 5.74) is 0. The summed E-state index contributed by atoms with van der Waals surface area (Å²) in [6, 6.07) is 0.424. The van der Waals surface area contributed by atoms with E-state index in [0.717, 1.165) is 64.6 Å². The SMILES string of the molecule is CCC(C)NCC(=O)N1CCC(CN2CCOCC2)CC1. The largest absolute Gasteiger partial charge is 0.379 e. The molecular weight excluding hydrogens is 266 g/mol. The molecule has 0 aromatic heterocycles. The van der Waals surface area contributed by atoms with Gasteiger partial charge in [0, 0.05) is 38.8 Å². The van der Waals surface area contributed by atoms with Crippen molar-refractivity contribution in [1.82, 2.24) is 15.1 Å². The molecule has 1 N–H and O–H groups in total. The van der Waals surface area contributed by atoms with E-state index in [2.05, 4.69) is 24.1 Å². The van der Waals surface area contributed by atoms with Crippen LogP contribution in [0.4, 0.5) is 0 Å². The van der Waals surface area contributed by atoms with Gasteiger partial charge in [-0.25, -0.2) is 0 Å². The predicted octanol–water partition coefficient (Wildman–Crippen LogP) is 0.945. The maximum atomic E-state index is 12.2. The van der Waals surface area contributed by atoms with E-state index in [4.69, 9.17) is 4.74 Å². The lowest BCUT2D eigenvalue weighted by Crippen LogP contribution is -2.46. The molecule has 0 aromatic carbocycles. The average molecular weight is 297 g/mol. The van der Waals surface area contributed by atoms with Crippen LogP contribution in [0, 0.1) is 5.92 Å². The van der Waals surface area contributed by atoms with E-state index in [9.17, 15) is 4.79 Å². The van der Waals surface area contributed by atoms with Crippen molar-refractivity contribution < 1.29 is 9.53 Å². The Morgan fingerprint density at radius 3 is 2.52 bits per heavy atom. The standard InChI is InChI=1S/C16H31N3O2/c1-3-14(2)17-12-16(20)19-6-4-15(5-7-19)13-18-8-10-21-11-9-18/h14-15,17H,3-13H2,1-2H3. The van der Waals surface area contributed by atoms with Gasteiger partial charge >= 0.3 is 0 Å². The summed E-state index contributed by atoms with van der Waals surface area (Å²) in [5, 5.41) is 3.29. The number of nitrogens with zero attached hydrogens (tertiary/aromatic N) is 2. The zero-order valence-electron chi connectivity index (χ0n) is 13.6. The fourth-order valence-electron chi connectivity index (χ4n) is 3.03. The first-order valence-electron chi connectivity index (χ1n) is 8.50. The first kappa shape index (κ1) is 16.7. The van der Waals surface area contributed by atoms with E-state index in [1.807, 2.05) is 4.90 Å². The highest BCUT2D eigenvalue weighted by Crippen LogP contribution is 2.19. The normalized spacial score (nSPS) is 23.2. The van der Waals surface area contributed by atoms with Crippen molar-refractivity contribution in [2.75, 3.05) is 52.5 Å². The summed E-state index contributed by atoms with van der Waals surface area (Å²) in [4.78, 5) is 16.7. The van der Waals surface area contributed by atoms with Gasteiger partial charge in [-0.1, -0.05) is 6.92 Å². The van der Waals surface area contributed by atoms with Crippen LogP contribution >= 0.6 is 0 Å². The van der Waals surface area contributed by atoms with Gasteiger partial charge in [0.2, 0.25) is 5.91 Å². The van der Waals surface area contributed by atoms with Crippen LogP contribution in [0.25, 0.3) is 0 Å². The Hall–Kier alpha value is -0.650. The monoisotopic (exact) mass is 297 g/mol. The zero-order valence-corrected chi connectivity index (χ0v) is 13.6. The predicted molar refractivity (Wildman–Crippen MR) is 84.3 cm³/mol. The van der Waals surface area contributed by atoms with Crippen LogP contribution in [0.2, 0.25) is 0 Å². The van der Waals surface area contributed by atoms with E-state index in [1.54, 1.807) is 0 Å². The van der Waals surface area contributed by atoms with Gasteiger partial charge in [0.1, 0.15) is 0 Å². The van der Waals surface area contributed by atoms with Crippen molar-refractivity contribution in [3.05, 3.63) is 0 Å². The van der Waals surface area contributed by atoms with Crippen LogP contribution in [-0.2, 0) is 9.53 Å². The number of amides is 1. The van der Waals surface area contributed by atoms with Gasteiger partial charge < -0.3 is 15.0 Å². The third kappa shape index (κ3) is 5.57. The van der Waals surface area contributed by atoms with Crippen LogP contribution < -0.4 is 5.32 Å². The molecule has 0 aromatic rings. The van der Waals surface area contributed by atoms with Gasteiger partial charge in [-0.05, 0) is 32.1 Å². The molecular formula is C16H31N3O2. The lowest BCUT2D eigenvalue weighted by atomic mass is 9.96. The summed E-state index contributed by atoms with van der Waals surface area (Å²) in [7, 11) is 0. The second-order valence-electron chi connectivity index (χ2n) is 6.43. The van der Waals surface area contributed by atoms with Crippen molar-refractivity contribution in [2.24, 2.45) is 5.92 Å². The Kier molecular flexibility index (Phi) is 6.93. The second kappa shape index (κ2) is 8.71. The summed E-state index contributed by atoms with van der Waals surface area (Å²) in [6.45, 7) is 11.7. The van der Waals surface area contributed by atoms with Crippen LogP contribution in [-0.4, -0.2) is 74.2 Å². The Balaban J connectivity index is 1.64. The summed E-state index contributed by atoms with van der Waals surface area (Å²) in [5.74, 6) is 1.01. The molecule has 1 unspecified atom stereocenters. The molecule has 2 aliphatic rings. The van der Waals surface area contributed by atoms with Crippen LogP contribution in [0.1, 0.15) is 33.1 Å². The van der Waals surface area contributed by atoms with Gasteiger partial charge in [0.25, 0.3) is 0 Å². The quantitative estimate of drug-likeness (QED) is 0.793. The topological polar surface area (TPSA) is 44.8 Å². The molecule has 21 heavy (non-hydrogen) atoms. The van der Waals surface area contributed by atoms with Gasteiger partial charge in [0.15, 0.2) is 0 Å². The first-order valence-corrected chi connectivity index (χ1v) is 8.50. The van der Waals surface area contributed by atoms with Gasteiger partial charge in [-0.2, -0.15) is 0 Å². The number of carbonyl (C=O) groups is 1. The fraction of sp³-hybridized carbons (Fsp3) is 0.938. The molecule has 0 aliphatic carbocycles. The second-order valence-corrected chi connectivity index (χ2v) is 6.43. The van der Waals surface area contributed by atoms with Gasteiger partial charge in [0.05, 0.1) is 19.8 Å². The van der Waals surface area contributed by atoms with Crippen molar-refractivity contribution in [3.8, 4) is 0 Å². The van der Waals surface area contributed by atoms with E-state index in [-0.39, 0.29) is 5.91 Å². The number of hydrogen-bond donors (Lipinski definition) is 1. The maximum Gasteiger partial charge on any atom is 0.236 e. The summed E-state index contributed by atoms with van der Waals surface area (Å²) in [6.07, 6.45) is 3.35. The molecule has 2 fully saturated rings.